The SMILES string of the molecule is O=C(N[C@@H]1CCN(c2ccccc2OC(F)F)C1)c1csnn1. The minimum Gasteiger partial charge on any atom is -0.433 e. The van der Waals surface area contributed by atoms with E-state index in [0.717, 1.165) is 11.5 Å². The van der Waals surface area contributed by atoms with Gasteiger partial charge in [-0.15, -0.1) is 5.10 Å². The summed E-state index contributed by atoms with van der Waals surface area (Å²) in [5.41, 5.74) is 0.884. The highest BCUT2D eigenvalue weighted by Crippen LogP contribution is 2.31. The molecule has 1 atom stereocenters. The molecule has 0 radical (unpaired) electrons. The van der Waals surface area contributed by atoms with Crippen molar-refractivity contribution in [1.82, 2.24) is 14.9 Å². The van der Waals surface area contributed by atoms with Gasteiger partial charge >= 0.3 is 6.61 Å². The third-order valence-corrected chi connectivity index (χ3v) is 4.04. The molecule has 0 aliphatic carbocycles. The second kappa shape index (κ2) is 6.86. The first-order valence-corrected chi connectivity index (χ1v) is 7.84. The lowest BCUT2D eigenvalue weighted by molar-refractivity contribution is -0.0495. The number of benzene rings is 1. The van der Waals surface area contributed by atoms with Gasteiger partial charge in [-0.05, 0) is 30.1 Å². The zero-order valence-corrected chi connectivity index (χ0v) is 12.8. The van der Waals surface area contributed by atoms with Gasteiger partial charge in [0.05, 0.1) is 5.69 Å². The first kappa shape index (κ1) is 15.6. The Hall–Kier alpha value is -2.29. The first-order valence-electron chi connectivity index (χ1n) is 7.00. The number of nitrogens with zero attached hydrogens (tertiary/aromatic N) is 3. The quantitative estimate of drug-likeness (QED) is 0.903. The molecule has 6 nitrogen and oxygen atoms in total. The standard InChI is InChI=1S/C14H14F2N4O2S/c15-14(16)22-12-4-2-1-3-11(12)20-6-5-9(7-20)17-13(21)10-8-23-19-18-10/h1-4,8-9,14H,5-7H2,(H,17,21)/t9-/m1/s1. The minimum absolute atomic E-state index is 0.0798. The van der Waals surface area contributed by atoms with Crippen LogP contribution in [-0.4, -0.2) is 41.2 Å². The zero-order chi connectivity index (χ0) is 16.2. The smallest absolute Gasteiger partial charge is 0.387 e. The molecule has 1 aromatic heterocycles. The van der Waals surface area contributed by atoms with E-state index in [9.17, 15) is 13.6 Å². The largest absolute Gasteiger partial charge is 0.433 e. The summed E-state index contributed by atoms with van der Waals surface area (Å²) < 4.78 is 33.2. The topological polar surface area (TPSA) is 67.4 Å². The molecule has 2 heterocycles. The summed E-state index contributed by atoms with van der Waals surface area (Å²) in [5, 5.41) is 8.17. The van der Waals surface area contributed by atoms with Crippen molar-refractivity contribution in [3.63, 3.8) is 0 Å². The molecule has 9 heteroatoms. The minimum atomic E-state index is -2.87. The lowest BCUT2D eigenvalue weighted by atomic mass is 10.2. The number of hydrogen-bond donors (Lipinski definition) is 1. The number of hydrogen-bond acceptors (Lipinski definition) is 6. The summed E-state index contributed by atoms with van der Waals surface area (Å²) in [6.45, 7) is -1.71. The van der Waals surface area contributed by atoms with Gasteiger partial charge in [-0.2, -0.15) is 8.78 Å². The van der Waals surface area contributed by atoms with Crippen LogP contribution in [0.3, 0.4) is 0 Å². The van der Waals surface area contributed by atoms with Crippen LogP contribution in [-0.2, 0) is 0 Å². The van der Waals surface area contributed by atoms with Gasteiger partial charge in [0.15, 0.2) is 5.69 Å². The number of carbonyl (C=O) groups excluding carboxylic acids is 1. The fraction of sp³-hybridized carbons (Fsp3) is 0.357. The third-order valence-electron chi connectivity index (χ3n) is 3.54. The average molecular weight is 340 g/mol. The number of nitrogens with one attached hydrogen (secondary N) is 1. The maximum absolute atomic E-state index is 12.5. The summed E-state index contributed by atoms with van der Waals surface area (Å²) in [4.78, 5) is 13.9. The normalized spacial score (nSPS) is 17.5. The van der Waals surface area contributed by atoms with Crippen LogP contribution in [0.25, 0.3) is 0 Å². The van der Waals surface area contributed by atoms with Gasteiger partial charge in [0.2, 0.25) is 0 Å². The summed E-state index contributed by atoms with van der Waals surface area (Å²) in [7, 11) is 0. The maximum atomic E-state index is 12.5. The monoisotopic (exact) mass is 340 g/mol. The van der Waals surface area contributed by atoms with Crippen molar-refractivity contribution in [1.29, 1.82) is 0 Å². The molecule has 1 saturated heterocycles. The second-order valence-corrected chi connectivity index (χ2v) is 5.65. The van der Waals surface area contributed by atoms with Crippen LogP contribution < -0.4 is 15.0 Å². The number of amides is 1. The van der Waals surface area contributed by atoms with Gasteiger partial charge in [0.1, 0.15) is 5.75 Å². The molecule has 122 valence electrons. The third kappa shape index (κ3) is 3.73. The Morgan fingerprint density at radius 1 is 1.43 bits per heavy atom. The molecule has 0 unspecified atom stereocenters. The van der Waals surface area contributed by atoms with Crippen molar-refractivity contribution in [2.45, 2.75) is 19.1 Å². The highest BCUT2D eigenvalue weighted by Gasteiger charge is 2.27. The maximum Gasteiger partial charge on any atom is 0.387 e. The number of rotatable bonds is 5. The van der Waals surface area contributed by atoms with Crippen molar-refractivity contribution in [2.24, 2.45) is 0 Å². The summed E-state index contributed by atoms with van der Waals surface area (Å²) >= 11 is 1.11. The highest BCUT2D eigenvalue weighted by molar-refractivity contribution is 7.03. The van der Waals surface area contributed by atoms with Crippen LogP contribution in [0.2, 0.25) is 0 Å². The van der Waals surface area contributed by atoms with Crippen LogP contribution in [0.1, 0.15) is 16.9 Å². The Morgan fingerprint density at radius 2 is 2.26 bits per heavy atom. The molecule has 1 aromatic carbocycles. The fourth-order valence-electron chi connectivity index (χ4n) is 2.53. The Bertz CT molecular complexity index is 669. The van der Waals surface area contributed by atoms with Crippen molar-refractivity contribution in [2.75, 3.05) is 18.0 Å². The Morgan fingerprint density at radius 3 is 3.00 bits per heavy atom. The number of para-hydroxylation sites is 2. The van der Waals surface area contributed by atoms with E-state index in [2.05, 4.69) is 19.6 Å². The molecule has 0 spiro atoms. The number of anilines is 1. The van der Waals surface area contributed by atoms with E-state index in [1.165, 1.54) is 6.07 Å². The van der Waals surface area contributed by atoms with Gasteiger partial charge < -0.3 is 15.0 Å². The summed E-state index contributed by atoms with van der Waals surface area (Å²) in [6, 6.07) is 6.57. The molecule has 0 saturated carbocycles. The molecular weight excluding hydrogens is 326 g/mol. The number of aromatic nitrogens is 2. The first-order chi connectivity index (χ1) is 11.1. The lowest BCUT2D eigenvalue weighted by Gasteiger charge is -2.21. The number of halogens is 2. The predicted octanol–water partition coefficient (Wildman–Crippen LogP) is 2.15. The van der Waals surface area contributed by atoms with E-state index in [4.69, 9.17) is 0 Å². The molecule has 3 rings (SSSR count). The van der Waals surface area contributed by atoms with E-state index in [0.29, 0.717) is 25.2 Å². The van der Waals surface area contributed by atoms with Crippen molar-refractivity contribution >= 4 is 23.1 Å². The van der Waals surface area contributed by atoms with E-state index in [1.807, 2.05) is 4.90 Å². The number of ether oxygens (including phenoxy) is 1. The van der Waals surface area contributed by atoms with Gasteiger partial charge in [0, 0.05) is 24.5 Å². The number of carbonyl (C=O) groups is 1. The Balaban J connectivity index is 1.65. The van der Waals surface area contributed by atoms with Crippen LogP contribution in [0.5, 0.6) is 5.75 Å². The van der Waals surface area contributed by atoms with Crippen molar-refractivity contribution in [3.05, 3.63) is 35.3 Å². The van der Waals surface area contributed by atoms with Crippen LogP contribution >= 0.6 is 11.5 Å². The molecule has 1 aliphatic heterocycles. The second-order valence-electron chi connectivity index (χ2n) is 5.04. The van der Waals surface area contributed by atoms with Crippen molar-refractivity contribution < 1.29 is 18.3 Å². The van der Waals surface area contributed by atoms with Gasteiger partial charge in [-0.3, -0.25) is 4.79 Å². The van der Waals surface area contributed by atoms with Crippen LogP contribution in [0.4, 0.5) is 14.5 Å². The summed E-state index contributed by atoms with van der Waals surface area (Å²) in [6.07, 6.45) is 0.715. The molecule has 1 amide bonds. The zero-order valence-electron chi connectivity index (χ0n) is 12.0. The van der Waals surface area contributed by atoms with Gasteiger partial charge in [-0.1, -0.05) is 16.6 Å². The van der Waals surface area contributed by atoms with E-state index in [1.54, 1.807) is 23.6 Å². The summed E-state index contributed by atoms with van der Waals surface area (Å²) in [5.74, 6) is -0.138. The molecule has 23 heavy (non-hydrogen) atoms. The highest BCUT2D eigenvalue weighted by atomic mass is 32.1. The van der Waals surface area contributed by atoms with E-state index in [-0.39, 0.29) is 23.4 Å². The van der Waals surface area contributed by atoms with E-state index < -0.39 is 6.61 Å². The fourth-order valence-corrected chi connectivity index (χ4v) is 2.97. The molecule has 1 aliphatic rings. The van der Waals surface area contributed by atoms with E-state index >= 15 is 0 Å². The van der Waals surface area contributed by atoms with Crippen LogP contribution in [0.15, 0.2) is 29.6 Å². The molecular formula is C14H14F2N4O2S. The molecule has 1 N–H and O–H groups in total. The predicted molar refractivity (Wildman–Crippen MR) is 81.1 cm³/mol. The Kier molecular flexibility index (Phi) is 4.65. The lowest BCUT2D eigenvalue weighted by Crippen LogP contribution is -2.37. The van der Waals surface area contributed by atoms with Crippen LogP contribution in [0, 0.1) is 0 Å². The molecule has 1 fully saturated rings. The molecule has 2 aromatic rings. The Labute approximate surface area is 135 Å². The average Bonchev–Trinajstić information content (AvgIpc) is 3.18. The molecule has 0 bridgehead atoms. The van der Waals surface area contributed by atoms with Gasteiger partial charge in [0.25, 0.3) is 5.91 Å². The number of alkyl halides is 2. The van der Waals surface area contributed by atoms with Gasteiger partial charge in [-0.25, -0.2) is 0 Å². The van der Waals surface area contributed by atoms with Crippen molar-refractivity contribution in [3.8, 4) is 5.75 Å².